The number of aryl methyl sites for hydroxylation is 2. The van der Waals surface area contributed by atoms with E-state index >= 15 is 4.39 Å². The summed E-state index contributed by atoms with van der Waals surface area (Å²) in [6, 6.07) is 11.4. The van der Waals surface area contributed by atoms with Crippen molar-refractivity contribution in [1.29, 1.82) is 0 Å². The average molecular weight is 518 g/mol. The van der Waals surface area contributed by atoms with Crippen LogP contribution in [0.25, 0.3) is 0 Å². The molecule has 2 fully saturated rings. The van der Waals surface area contributed by atoms with Gasteiger partial charge in [0, 0.05) is 49.8 Å². The lowest BCUT2D eigenvalue weighted by atomic mass is 9.93. The number of nitrogens with one attached hydrogen (secondary N) is 3. The van der Waals surface area contributed by atoms with Gasteiger partial charge in [-0.05, 0) is 69.0 Å². The Bertz CT molecular complexity index is 1280. The molecule has 1 aliphatic carbocycles. The Kier molecular flexibility index (Phi) is 7.74. The van der Waals surface area contributed by atoms with Gasteiger partial charge in [0.05, 0.1) is 5.69 Å². The Morgan fingerprint density at radius 2 is 1.82 bits per heavy atom. The van der Waals surface area contributed by atoms with Crippen molar-refractivity contribution in [3.05, 3.63) is 65.1 Å². The SMILES string of the molecule is CCN1CCN(c2ccc(Nc3ncc(C(=O)Nc4c(C)cccc4C)c(NC4CCC4)n3)c(F)c2)CC1. The third kappa shape index (κ3) is 5.72. The van der Waals surface area contributed by atoms with Crippen LogP contribution in [0, 0.1) is 19.7 Å². The second kappa shape index (κ2) is 11.3. The van der Waals surface area contributed by atoms with Crippen LogP contribution in [0.3, 0.4) is 0 Å². The third-order valence-corrected chi connectivity index (χ3v) is 7.58. The smallest absolute Gasteiger partial charge is 0.261 e. The van der Waals surface area contributed by atoms with Crippen LogP contribution in [0.2, 0.25) is 0 Å². The summed E-state index contributed by atoms with van der Waals surface area (Å²) >= 11 is 0. The Morgan fingerprint density at radius 1 is 1.08 bits per heavy atom. The molecule has 8 nitrogen and oxygen atoms in total. The normalized spacial score (nSPS) is 16.2. The lowest BCUT2D eigenvalue weighted by Crippen LogP contribution is -2.46. The Labute approximate surface area is 223 Å². The van der Waals surface area contributed by atoms with Crippen LogP contribution in [-0.4, -0.2) is 59.5 Å². The first-order valence-electron chi connectivity index (χ1n) is 13.5. The van der Waals surface area contributed by atoms with Gasteiger partial charge < -0.3 is 25.8 Å². The molecule has 0 unspecified atom stereocenters. The zero-order chi connectivity index (χ0) is 26.6. The molecule has 2 heterocycles. The fraction of sp³-hybridized carbons (Fsp3) is 0.414. The van der Waals surface area contributed by atoms with E-state index in [1.54, 1.807) is 12.1 Å². The number of amides is 1. The molecule has 38 heavy (non-hydrogen) atoms. The Morgan fingerprint density at radius 3 is 2.45 bits per heavy atom. The molecule has 0 atom stereocenters. The second-order valence-corrected chi connectivity index (χ2v) is 10.2. The number of carbonyl (C=O) groups excluding carboxylic acids is 1. The highest BCUT2D eigenvalue weighted by Gasteiger charge is 2.23. The monoisotopic (exact) mass is 517 g/mol. The predicted molar refractivity (Wildman–Crippen MR) is 151 cm³/mol. The number of benzene rings is 2. The van der Waals surface area contributed by atoms with Gasteiger partial charge in [0.1, 0.15) is 17.2 Å². The van der Waals surface area contributed by atoms with Gasteiger partial charge in [-0.2, -0.15) is 4.98 Å². The summed E-state index contributed by atoms with van der Waals surface area (Å²) in [5, 5.41) is 9.41. The van der Waals surface area contributed by atoms with Crippen LogP contribution >= 0.6 is 0 Å². The topological polar surface area (TPSA) is 85.4 Å². The minimum atomic E-state index is -0.366. The summed E-state index contributed by atoms with van der Waals surface area (Å²) < 4.78 is 15.1. The summed E-state index contributed by atoms with van der Waals surface area (Å²) in [7, 11) is 0. The number of piperazine rings is 1. The molecule has 5 rings (SSSR count). The number of carbonyl (C=O) groups is 1. The molecule has 9 heteroatoms. The number of hydrogen-bond acceptors (Lipinski definition) is 7. The summed E-state index contributed by atoms with van der Waals surface area (Å²) in [5.74, 6) is 0.0317. The van der Waals surface area contributed by atoms with Crippen LogP contribution in [0.15, 0.2) is 42.6 Å². The predicted octanol–water partition coefficient (Wildman–Crippen LogP) is 5.33. The van der Waals surface area contributed by atoms with Gasteiger partial charge in [0.2, 0.25) is 5.95 Å². The van der Waals surface area contributed by atoms with Crippen molar-refractivity contribution >= 4 is 34.7 Å². The van der Waals surface area contributed by atoms with Gasteiger partial charge in [-0.15, -0.1) is 0 Å². The summed E-state index contributed by atoms with van der Waals surface area (Å²) in [6.07, 6.45) is 4.68. The molecular formula is C29H36FN7O. The maximum atomic E-state index is 15.1. The van der Waals surface area contributed by atoms with Gasteiger partial charge in [0.25, 0.3) is 5.91 Å². The van der Waals surface area contributed by atoms with E-state index in [4.69, 9.17) is 0 Å². The molecule has 1 aliphatic heterocycles. The highest BCUT2D eigenvalue weighted by atomic mass is 19.1. The molecule has 3 N–H and O–H groups in total. The molecular weight excluding hydrogens is 481 g/mol. The van der Waals surface area contributed by atoms with Gasteiger partial charge in [-0.25, -0.2) is 9.37 Å². The second-order valence-electron chi connectivity index (χ2n) is 10.2. The van der Waals surface area contributed by atoms with Crippen molar-refractivity contribution in [3.63, 3.8) is 0 Å². The molecule has 0 bridgehead atoms. The van der Waals surface area contributed by atoms with E-state index in [-0.39, 0.29) is 23.7 Å². The van der Waals surface area contributed by atoms with Crippen LogP contribution < -0.4 is 20.9 Å². The largest absolute Gasteiger partial charge is 0.369 e. The Balaban J connectivity index is 1.34. The van der Waals surface area contributed by atoms with Gasteiger partial charge in [-0.3, -0.25) is 4.79 Å². The quantitative estimate of drug-likeness (QED) is 0.372. The number of likely N-dealkylation sites (N-methyl/N-ethyl adjacent to an activating group) is 1. The number of para-hydroxylation sites is 1. The number of anilines is 5. The van der Waals surface area contributed by atoms with E-state index < -0.39 is 0 Å². The van der Waals surface area contributed by atoms with Crippen molar-refractivity contribution in [2.75, 3.05) is 53.6 Å². The maximum absolute atomic E-state index is 15.1. The summed E-state index contributed by atoms with van der Waals surface area (Å²) in [6.45, 7) is 10.8. The van der Waals surface area contributed by atoms with E-state index in [9.17, 15) is 4.79 Å². The summed E-state index contributed by atoms with van der Waals surface area (Å²) in [5.41, 5.74) is 4.27. The highest BCUT2D eigenvalue weighted by Crippen LogP contribution is 2.29. The molecule has 2 aliphatic rings. The minimum absolute atomic E-state index is 0.235. The van der Waals surface area contributed by atoms with Gasteiger partial charge in [-0.1, -0.05) is 25.1 Å². The van der Waals surface area contributed by atoms with Crippen LogP contribution in [0.1, 0.15) is 47.7 Å². The molecule has 0 radical (unpaired) electrons. The number of rotatable bonds is 8. The molecule has 1 saturated carbocycles. The van der Waals surface area contributed by atoms with Crippen molar-refractivity contribution < 1.29 is 9.18 Å². The van der Waals surface area contributed by atoms with E-state index in [0.29, 0.717) is 17.1 Å². The lowest BCUT2D eigenvalue weighted by Gasteiger charge is -2.35. The lowest BCUT2D eigenvalue weighted by molar-refractivity contribution is 0.102. The molecule has 200 valence electrons. The highest BCUT2D eigenvalue weighted by molar-refractivity contribution is 6.08. The van der Waals surface area contributed by atoms with Gasteiger partial charge >= 0.3 is 0 Å². The van der Waals surface area contributed by atoms with Crippen molar-refractivity contribution in [1.82, 2.24) is 14.9 Å². The van der Waals surface area contributed by atoms with E-state index in [0.717, 1.165) is 74.5 Å². The molecule has 1 aromatic heterocycles. The van der Waals surface area contributed by atoms with E-state index in [2.05, 4.69) is 42.6 Å². The van der Waals surface area contributed by atoms with Crippen LogP contribution in [0.4, 0.5) is 33.2 Å². The average Bonchev–Trinajstić information content (AvgIpc) is 2.89. The standard InChI is InChI=1S/C29H36FN7O/c1-4-36-13-15-37(16-14-36)22-11-12-25(24(30)17-22)33-29-31-18-23(27(35-29)32-21-9-6-10-21)28(38)34-26-19(2)7-5-8-20(26)3/h5,7-8,11-12,17-18,21H,4,6,9-10,13-16H2,1-3H3,(H,34,38)(H2,31,32,33,35). The molecule has 2 aromatic carbocycles. The Hall–Kier alpha value is -3.72. The maximum Gasteiger partial charge on any atom is 0.261 e. The zero-order valence-electron chi connectivity index (χ0n) is 22.4. The fourth-order valence-corrected chi connectivity index (χ4v) is 4.90. The minimum Gasteiger partial charge on any atom is -0.369 e. The number of hydrogen-bond donors (Lipinski definition) is 3. The molecule has 0 spiro atoms. The van der Waals surface area contributed by atoms with Crippen molar-refractivity contribution in [2.45, 2.75) is 46.1 Å². The first-order valence-corrected chi connectivity index (χ1v) is 13.5. The van der Waals surface area contributed by atoms with E-state index in [1.165, 1.54) is 6.20 Å². The summed E-state index contributed by atoms with van der Waals surface area (Å²) in [4.78, 5) is 26.8. The van der Waals surface area contributed by atoms with Crippen molar-refractivity contribution in [3.8, 4) is 0 Å². The first kappa shape index (κ1) is 25.9. The zero-order valence-corrected chi connectivity index (χ0v) is 22.4. The number of halogens is 1. The van der Waals surface area contributed by atoms with Gasteiger partial charge in [0.15, 0.2) is 0 Å². The molecule has 3 aromatic rings. The van der Waals surface area contributed by atoms with E-state index in [1.807, 2.05) is 38.1 Å². The number of aromatic nitrogens is 2. The van der Waals surface area contributed by atoms with Crippen LogP contribution in [-0.2, 0) is 0 Å². The van der Waals surface area contributed by atoms with Crippen LogP contribution in [0.5, 0.6) is 0 Å². The first-order chi connectivity index (χ1) is 18.4. The molecule has 1 amide bonds. The molecule has 1 saturated heterocycles. The van der Waals surface area contributed by atoms with Crippen molar-refractivity contribution in [2.24, 2.45) is 0 Å². The third-order valence-electron chi connectivity index (χ3n) is 7.58. The fourth-order valence-electron chi connectivity index (χ4n) is 4.90. The number of nitrogens with zero attached hydrogens (tertiary/aromatic N) is 4.